The molecule has 0 atom stereocenters. The van der Waals surface area contributed by atoms with Gasteiger partial charge in [0.25, 0.3) is 0 Å². The number of pyridine rings is 1. The number of ether oxygens (including phenoxy) is 1. The summed E-state index contributed by atoms with van der Waals surface area (Å²) in [5, 5.41) is 9.18. The summed E-state index contributed by atoms with van der Waals surface area (Å²) in [4.78, 5) is 14.8. The van der Waals surface area contributed by atoms with Crippen LogP contribution in [0.1, 0.15) is 16.8 Å². The molecular weight excluding hydrogens is 230 g/mol. The second-order valence-electron chi connectivity index (χ2n) is 4.04. The van der Waals surface area contributed by atoms with Crippen LogP contribution in [0.25, 0.3) is 0 Å². The molecule has 1 aromatic heterocycles. The lowest BCUT2D eigenvalue weighted by Crippen LogP contribution is -2.14. The number of aromatic amines is 1. The van der Waals surface area contributed by atoms with E-state index in [0.29, 0.717) is 17.9 Å². The molecule has 0 saturated heterocycles. The summed E-state index contributed by atoms with van der Waals surface area (Å²) < 4.78 is 5.52. The monoisotopic (exact) mass is 245 g/mol. The summed E-state index contributed by atoms with van der Waals surface area (Å²) in [6.07, 6.45) is 1.57. The van der Waals surface area contributed by atoms with Crippen LogP contribution in [-0.4, -0.2) is 10.1 Å². The summed E-state index contributed by atoms with van der Waals surface area (Å²) in [5.74, 6) is 0.196. The Kier molecular flexibility index (Phi) is 3.79. The Balaban J connectivity index is 2.24. The van der Waals surface area contributed by atoms with E-state index in [1.54, 1.807) is 13.1 Å². The van der Waals surface area contributed by atoms with Gasteiger partial charge < -0.3 is 14.8 Å². The molecule has 0 unspecified atom stereocenters. The molecule has 0 saturated carbocycles. The van der Waals surface area contributed by atoms with Crippen molar-refractivity contribution >= 4 is 0 Å². The minimum absolute atomic E-state index is 0.186. The molecule has 0 aliphatic heterocycles. The Bertz CT molecular complexity index is 575. The largest absolute Gasteiger partial charge is 0.483 e. The van der Waals surface area contributed by atoms with Gasteiger partial charge in [-0.05, 0) is 12.5 Å². The standard InChI is InChI=1S/C14H15NO3/c1-10-7-15-12(8-16)14(13(10)17)18-9-11-5-3-2-4-6-11/h2-7,16H,8-9H2,1H3,(H,15,17). The topological polar surface area (TPSA) is 62.3 Å². The van der Waals surface area contributed by atoms with E-state index in [2.05, 4.69) is 4.98 Å². The van der Waals surface area contributed by atoms with E-state index < -0.39 is 0 Å². The second kappa shape index (κ2) is 5.51. The van der Waals surface area contributed by atoms with Crippen molar-refractivity contribution in [2.75, 3.05) is 0 Å². The van der Waals surface area contributed by atoms with E-state index in [0.717, 1.165) is 5.56 Å². The Hall–Kier alpha value is -2.07. The highest BCUT2D eigenvalue weighted by molar-refractivity contribution is 5.31. The molecule has 4 heteroatoms. The molecule has 0 spiro atoms. The first-order chi connectivity index (χ1) is 8.72. The molecular formula is C14H15NO3. The van der Waals surface area contributed by atoms with Gasteiger partial charge in [-0.3, -0.25) is 4.79 Å². The highest BCUT2D eigenvalue weighted by Crippen LogP contribution is 2.13. The molecule has 0 radical (unpaired) electrons. The predicted octanol–water partition coefficient (Wildman–Crippen LogP) is 1.75. The SMILES string of the molecule is Cc1c[nH]c(CO)c(OCc2ccccc2)c1=O. The molecule has 0 aliphatic carbocycles. The van der Waals surface area contributed by atoms with Gasteiger partial charge in [-0.2, -0.15) is 0 Å². The highest BCUT2D eigenvalue weighted by atomic mass is 16.5. The maximum atomic E-state index is 11.9. The zero-order valence-electron chi connectivity index (χ0n) is 10.1. The van der Waals surface area contributed by atoms with Crippen LogP contribution in [0.15, 0.2) is 41.3 Å². The maximum absolute atomic E-state index is 11.9. The van der Waals surface area contributed by atoms with E-state index >= 15 is 0 Å². The van der Waals surface area contributed by atoms with Crippen LogP contribution in [0.3, 0.4) is 0 Å². The first-order valence-corrected chi connectivity index (χ1v) is 5.71. The van der Waals surface area contributed by atoms with E-state index in [1.165, 1.54) is 0 Å². The summed E-state index contributed by atoms with van der Waals surface area (Å²) in [5.41, 5.74) is 1.76. The van der Waals surface area contributed by atoms with Crippen molar-refractivity contribution in [1.82, 2.24) is 4.98 Å². The van der Waals surface area contributed by atoms with E-state index in [1.807, 2.05) is 30.3 Å². The summed E-state index contributed by atoms with van der Waals surface area (Å²) in [7, 11) is 0. The number of aromatic nitrogens is 1. The minimum atomic E-state index is -0.250. The highest BCUT2D eigenvalue weighted by Gasteiger charge is 2.10. The van der Waals surface area contributed by atoms with Crippen LogP contribution < -0.4 is 10.2 Å². The lowest BCUT2D eigenvalue weighted by Gasteiger charge is -2.10. The molecule has 0 aliphatic rings. The van der Waals surface area contributed by atoms with Gasteiger partial charge in [0.05, 0.1) is 12.3 Å². The number of aliphatic hydroxyl groups excluding tert-OH is 1. The third-order valence-electron chi connectivity index (χ3n) is 2.69. The molecule has 18 heavy (non-hydrogen) atoms. The number of rotatable bonds is 4. The normalized spacial score (nSPS) is 10.3. The van der Waals surface area contributed by atoms with Crippen molar-refractivity contribution in [3.8, 4) is 5.75 Å². The average Bonchev–Trinajstić information content (AvgIpc) is 2.41. The molecule has 1 aromatic carbocycles. The van der Waals surface area contributed by atoms with Crippen molar-refractivity contribution in [3.05, 3.63) is 63.6 Å². The average molecular weight is 245 g/mol. The first kappa shape index (κ1) is 12.4. The number of H-pyrrole nitrogens is 1. The molecule has 1 heterocycles. The molecule has 0 bridgehead atoms. The van der Waals surface area contributed by atoms with E-state index in [-0.39, 0.29) is 17.8 Å². The summed E-state index contributed by atoms with van der Waals surface area (Å²) in [6, 6.07) is 9.57. The molecule has 2 rings (SSSR count). The van der Waals surface area contributed by atoms with Crippen LogP contribution in [0.4, 0.5) is 0 Å². The zero-order chi connectivity index (χ0) is 13.0. The van der Waals surface area contributed by atoms with E-state index in [4.69, 9.17) is 4.74 Å². The van der Waals surface area contributed by atoms with Gasteiger partial charge in [-0.25, -0.2) is 0 Å². The zero-order valence-corrected chi connectivity index (χ0v) is 10.1. The second-order valence-corrected chi connectivity index (χ2v) is 4.04. The van der Waals surface area contributed by atoms with Gasteiger partial charge in [0, 0.05) is 11.8 Å². The van der Waals surface area contributed by atoms with E-state index in [9.17, 15) is 9.90 Å². The molecule has 0 fully saturated rings. The maximum Gasteiger partial charge on any atom is 0.226 e. The first-order valence-electron chi connectivity index (χ1n) is 5.71. The Morgan fingerprint density at radius 1 is 1.28 bits per heavy atom. The van der Waals surface area contributed by atoms with Crippen molar-refractivity contribution < 1.29 is 9.84 Å². The fourth-order valence-electron chi connectivity index (χ4n) is 1.64. The number of aliphatic hydroxyl groups is 1. The Morgan fingerprint density at radius 3 is 2.67 bits per heavy atom. The molecule has 2 N–H and O–H groups in total. The van der Waals surface area contributed by atoms with Crippen molar-refractivity contribution in [1.29, 1.82) is 0 Å². The number of benzene rings is 1. The number of nitrogens with one attached hydrogen (secondary N) is 1. The van der Waals surface area contributed by atoms with Gasteiger partial charge in [0.1, 0.15) is 6.61 Å². The van der Waals surface area contributed by atoms with Crippen molar-refractivity contribution in [2.24, 2.45) is 0 Å². The van der Waals surface area contributed by atoms with Crippen LogP contribution in [0, 0.1) is 6.92 Å². The summed E-state index contributed by atoms with van der Waals surface area (Å²) >= 11 is 0. The van der Waals surface area contributed by atoms with Gasteiger partial charge in [0.2, 0.25) is 5.43 Å². The fourth-order valence-corrected chi connectivity index (χ4v) is 1.64. The quantitative estimate of drug-likeness (QED) is 0.862. The lowest BCUT2D eigenvalue weighted by atomic mass is 10.2. The smallest absolute Gasteiger partial charge is 0.226 e. The van der Waals surface area contributed by atoms with Crippen LogP contribution in [0.2, 0.25) is 0 Å². The molecule has 4 nitrogen and oxygen atoms in total. The third-order valence-corrected chi connectivity index (χ3v) is 2.69. The van der Waals surface area contributed by atoms with Crippen LogP contribution in [0.5, 0.6) is 5.75 Å². The number of aryl methyl sites for hydroxylation is 1. The van der Waals surface area contributed by atoms with Crippen LogP contribution in [-0.2, 0) is 13.2 Å². The van der Waals surface area contributed by atoms with Gasteiger partial charge in [0.15, 0.2) is 5.75 Å². The van der Waals surface area contributed by atoms with Crippen molar-refractivity contribution in [2.45, 2.75) is 20.1 Å². The molecule has 0 amide bonds. The van der Waals surface area contributed by atoms with Gasteiger partial charge in [-0.1, -0.05) is 30.3 Å². The predicted molar refractivity (Wildman–Crippen MR) is 68.5 cm³/mol. The van der Waals surface area contributed by atoms with Gasteiger partial charge in [-0.15, -0.1) is 0 Å². The lowest BCUT2D eigenvalue weighted by molar-refractivity contribution is 0.252. The van der Waals surface area contributed by atoms with Gasteiger partial charge >= 0.3 is 0 Å². The fraction of sp³-hybridized carbons (Fsp3) is 0.214. The molecule has 94 valence electrons. The number of hydrogen-bond donors (Lipinski definition) is 2. The Morgan fingerprint density at radius 2 is 2.00 bits per heavy atom. The summed E-state index contributed by atoms with van der Waals surface area (Å²) in [6.45, 7) is 1.76. The van der Waals surface area contributed by atoms with Crippen LogP contribution >= 0.6 is 0 Å². The number of hydrogen-bond acceptors (Lipinski definition) is 3. The third kappa shape index (κ3) is 2.60. The minimum Gasteiger partial charge on any atom is -0.483 e. The molecule has 2 aromatic rings. The Labute approximate surface area is 105 Å². The van der Waals surface area contributed by atoms with Crippen molar-refractivity contribution in [3.63, 3.8) is 0 Å².